The van der Waals surface area contributed by atoms with Crippen LogP contribution >= 0.6 is 11.3 Å². The summed E-state index contributed by atoms with van der Waals surface area (Å²) in [5, 5.41) is 0. The van der Waals surface area contributed by atoms with Crippen LogP contribution in [0.5, 0.6) is 5.75 Å². The summed E-state index contributed by atoms with van der Waals surface area (Å²) in [6, 6.07) is 9.78. The van der Waals surface area contributed by atoms with Gasteiger partial charge in [0.2, 0.25) is 5.78 Å². The molecule has 0 fully saturated rings. The van der Waals surface area contributed by atoms with Crippen LogP contribution in [0.25, 0.3) is 0 Å². The van der Waals surface area contributed by atoms with E-state index in [9.17, 15) is 9.18 Å². The van der Waals surface area contributed by atoms with Gasteiger partial charge in [-0.15, -0.1) is 11.3 Å². The number of thiophene rings is 1. The zero-order valence-corrected chi connectivity index (χ0v) is 10.8. The van der Waals surface area contributed by atoms with Gasteiger partial charge >= 0.3 is 0 Å². The number of carbonyl (C=O) groups excluding carboxylic acids is 1. The molecule has 2 aromatic rings. The quantitative estimate of drug-likeness (QED) is 0.769. The van der Waals surface area contributed by atoms with Gasteiger partial charge in [0.1, 0.15) is 0 Å². The molecule has 4 heteroatoms. The number of hydrogen-bond acceptors (Lipinski definition) is 3. The number of halogens is 1. The van der Waals surface area contributed by atoms with Gasteiger partial charge in [0.15, 0.2) is 18.2 Å². The average molecular weight is 264 g/mol. The maximum atomic E-state index is 13.3. The molecule has 0 N–H and O–H groups in total. The Labute approximate surface area is 109 Å². The third kappa shape index (κ3) is 2.96. The van der Waals surface area contributed by atoms with Crippen LogP contribution in [0, 0.1) is 5.82 Å². The first-order chi connectivity index (χ1) is 8.70. The van der Waals surface area contributed by atoms with Gasteiger partial charge in [-0.1, -0.05) is 19.1 Å². The minimum absolute atomic E-state index is 0.109. The maximum Gasteiger partial charge on any atom is 0.210 e. The molecule has 0 radical (unpaired) electrons. The Balaban J connectivity index is 1.98. The number of hydrogen-bond donors (Lipinski definition) is 0. The molecule has 0 bridgehead atoms. The van der Waals surface area contributed by atoms with E-state index in [1.165, 1.54) is 23.5 Å². The molecule has 2 nitrogen and oxygen atoms in total. The van der Waals surface area contributed by atoms with Crippen LogP contribution in [0.1, 0.15) is 21.5 Å². The van der Waals surface area contributed by atoms with Gasteiger partial charge in [-0.2, -0.15) is 0 Å². The molecule has 2 rings (SSSR count). The molecule has 0 atom stereocenters. The molecule has 1 heterocycles. The molecule has 0 unspecified atom stereocenters. The van der Waals surface area contributed by atoms with E-state index in [0.717, 1.165) is 11.3 Å². The van der Waals surface area contributed by atoms with Crippen molar-refractivity contribution in [3.05, 3.63) is 52.0 Å². The van der Waals surface area contributed by atoms with Crippen molar-refractivity contribution >= 4 is 17.1 Å². The van der Waals surface area contributed by atoms with Crippen LogP contribution in [0.3, 0.4) is 0 Å². The van der Waals surface area contributed by atoms with Crippen LogP contribution < -0.4 is 4.74 Å². The first kappa shape index (κ1) is 12.8. The minimum Gasteiger partial charge on any atom is -0.482 e. The Morgan fingerprint density at radius 3 is 2.72 bits per heavy atom. The largest absolute Gasteiger partial charge is 0.482 e. The molecule has 94 valence electrons. The molecule has 0 amide bonds. The van der Waals surface area contributed by atoms with E-state index in [1.54, 1.807) is 18.2 Å². The van der Waals surface area contributed by atoms with Crippen molar-refractivity contribution in [2.45, 2.75) is 13.3 Å². The van der Waals surface area contributed by atoms with Crippen LogP contribution in [0.2, 0.25) is 0 Å². The van der Waals surface area contributed by atoms with Gasteiger partial charge in [-0.05, 0) is 30.7 Å². The second-order valence-electron chi connectivity index (χ2n) is 3.76. The lowest BCUT2D eigenvalue weighted by atomic mass is 10.3. The molecule has 0 saturated carbocycles. The summed E-state index contributed by atoms with van der Waals surface area (Å²) in [7, 11) is 0. The summed E-state index contributed by atoms with van der Waals surface area (Å²) in [4.78, 5) is 13.6. The fourth-order valence-corrected chi connectivity index (χ4v) is 2.37. The van der Waals surface area contributed by atoms with E-state index in [2.05, 4.69) is 0 Å². The standard InChI is InChI=1S/C14H13FO2S/c1-2-10-7-8-14(18-10)12(16)9-17-13-6-4-3-5-11(13)15/h3-8H,2,9H2,1H3. The Kier molecular flexibility index (Phi) is 4.10. The van der Waals surface area contributed by atoms with Crippen LogP contribution in [-0.4, -0.2) is 12.4 Å². The second-order valence-corrected chi connectivity index (χ2v) is 4.93. The Bertz CT molecular complexity index is 548. The zero-order valence-electron chi connectivity index (χ0n) is 9.98. The number of ketones is 1. The normalized spacial score (nSPS) is 10.3. The van der Waals surface area contributed by atoms with E-state index < -0.39 is 5.82 Å². The maximum absolute atomic E-state index is 13.3. The van der Waals surface area contributed by atoms with Crippen molar-refractivity contribution in [1.82, 2.24) is 0 Å². The summed E-state index contributed by atoms with van der Waals surface area (Å²) in [5.41, 5.74) is 0. The molecule has 1 aromatic heterocycles. The summed E-state index contributed by atoms with van der Waals surface area (Å²) in [5.74, 6) is -0.466. The van der Waals surface area contributed by atoms with E-state index in [4.69, 9.17) is 4.74 Å². The highest BCUT2D eigenvalue weighted by molar-refractivity contribution is 7.14. The molecule has 0 aliphatic rings. The van der Waals surface area contributed by atoms with Crippen molar-refractivity contribution in [3.63, 3.8) is 0 Å². The average Bonchev–Trinajstić information content (AvgIpc) is 2.86. The summed E-state index contributed by atoms with van der Waals surface area (Å²) in [6.45, 7) is 1.90. The highest BCUT2D eigenvalue weighted by Crippen LogP contribution is 2.19. The number of rotatable bonds is 5. The molecule has 0 spiro atoms. The molecular weight excluding hydrogens is 251 g/mol. The Hall–Kier alpha value is -1.68. The molecular formula is C14H13FO2S. The molecule has 1 aromatic carbocycles. The smallest absolute Gasteiger partial charge is 0.210 e. The van der Waals surface area contributed by atoms with E-state index in [0.29, 0.717) is 4.88 Å². The van der Waals surface area contributed by atoms with Crippen LogP contribution in [0.15, 0.2) is 36.4 Å². The van der Waals surface area contributed by atoms with Crippen molar-refractivity contribution in [1.29, 1.82) is 0 Å². The lowest BCUT2D eigenvalue weighted by Gasteiger charge is -2.04. The van der Waals surface area contributed by atoms with Crippen LogP contribution in [-0.2, 0) is 6.42 Å². The van der Waals surface area contributed by atoms with E-state index >= 15 is 0 Å². The molecule has 18 heavy (non-hydrogen) atoms. The number of aryl methyl sites for hydroxylation is 1. The number of benzene rings is 1. The van der Waals surface area contributed by atoms with Crippen LogP contribution in [0.4, 0.5) is 4.39 Å². The highest BCUT2D eigenvalue weighted by Gasteiger charge is 2.11. The lowest BCUT2D eigenvalue weighted by Crippen LogP contribution is -2.10. The van der Waals surface area contributed by atoms with Crippen molar-refractivity contribution in [2.24, 2.45) is 0 Å². The third-order valence-corrected chi connectivity index (χ3v) is 3.75. The predicted octanol–water partition coefficient (Wildman–Crippen LogP) is 3.71. The lowest BCUT2D eigenvalue weighted by molar-refractivity contribution is 0.0923. The van der Waals surface area contributed by atoms with E-state index in [1.807, 2.05) is 13.0 Å². The van der Waals surface area contributed by atoms with Gasteiger partial charge in [0.05, 0.1) is 4.88 Å². The Morgan fingerprint density at radius 1 is 1.28 bits per heavy atom. The van der Waals surface area contributed by atoms with Crippen molar-refractivity contribution in [3.8, 4) is 5.75 Å². The fourth-order valence-electron chi connectivity index (χ4n) is 1.49. The molecule has 0 aliphatic heterocycles. The topological polar surface area (TPSA) is 26.3 Å². The Morgan fingerprint density at radius 2 is 2.06 bits per heavy atom. The molecule has 0 aliphatic carbocycles. The van der Waals surface area contributed by atoms with Crippen molar-refractivity contribution < 1.29 is 13.9 Å². The van der Waals surface area contributed by atoms with Gasteiger partial charge in [0.25, 0.3) is 0 Å². The van der Waals surface area contributed by atoms with Gasteiger partial charge in [-0.25, -0.2) is 4.39 Å². The summed E-state index contributed by atoms with van der Waals surface area (Å²) >= 11 is 1.46. The number of ether oxygens (including phenoxy) is 1. The summed E-state index contributed by atoms with van der Waals surface area (Å²) in [6.07, 6.45) is 0.909. The number of carbonyl (C=O) groups is 1. The second kappa shape index (κ2) is 5.78. The number of para-hydroxylation sites is 1. The fraction of sp³-hybridized carbons (Fsp3) is 0.214. The monoisotopic (exact) mass is 264 g/mol. The first-order valence-electron chi connectivity index (χ1n) is 5.70. The third-order valence-electron chi connectivity index (χ3n) is 2.48. The van der Waals surface area contributed by atoms with E-state index in [-0.39, 0.29) is 18.1 Å². The van der Waals surface area contributed by atoms with Gasteiger partial charge in [-0.3, -0.25) is 4.79 Å². The zero-order chi connectivity index (χ0) is 13.0. The highest BCUT2D eigenvalue weighted by atomic mass is 32.1. The SMILES string of the molecule is CCc1ccc(C(=O)COc2ccccc2F)s1. The van der Waals surface area contributed by atoms with Crippen molar-refractivity contribution in [2.75, 3.05) is 6.61 Å². The minimum atomic E-state index is -0.453. The predicted molar refractivity (Wildman–Crippen MR) is 69.9 cm³/mol. The van der Waals surface area contributed by atoms with Gasteiger partial charge in [0, 0.05) is 4.88 Å². The van der Waals surface area contributed by atoms with Gasteiger partial charge < -0.3 is 4.74 Å². The summed E-state index contributed by atoms with van der Waals surface area (Å²) < 4.78 is 18.4. The first-order valence-corrected chi connectivity index (χ1v) is 6.51. The molecule has 0 saturated heterocycles. The number of Topliss-reactive ketones (excluding diaryl/α,β-unsaturated/α-hetero) is 1.